The summed E-state index contributed by atoms with van der Waals surface area (Å²) in [5.41, 5.74) is 6.36. The molecule has 0 heterocycles. The largest absolute Gasteiger partial charge is 0.143 e. The monoisotopic (exact) mass is 318 g/mol. The third-order valence-electron chi connectivity index (χ3n) is 4.08. The molecule has 0 spiro atoms. The molecule has 0 saturated carbocycles. The van der Waals surface area contributed by atoms with Crippen molar-refractivity contribution < 1.29 is 0 Å². The molecular weight excluding hydrogens is 296 g/mol. The van der Waals surface area contributed by atoms with Crippen LogP contribution in [0.5, 0.6) is 0 Å². The second-order valence-electron chi connectivity index (χ2n) is 6.86. The van der Waals surface area contributed by atoms with Crippen molar-refractivity contribution in [2.75, 3.05) is 0 Å². The highest BCUT2D eigenvalue weighted by molar-refractivity contribution is 7.80. The van der Waals surface area contributed by atoms with Gasteiger partial charge >= 0.3 is 0 Å². The molecule has 0 radical (unpaired) electrons. The first kappa shape index (κ1) is 15.9. The van der Waals surface area contributed by atoms with Gasteiger partial charge in [-0.1, -0.05) is 87.5 Å². The number of rotatable bonds is 2. The van der Waals surface area contributed by atoms with Crippen LogP contribution in [0.1, 0.15) is 26.3 Å². The Morgan fingerprint density at radius 3 is 1.70 bits per heavy atom. The van der Waals surface area contributed by atoms with Gasteiger partial charge in [0, 0.05) is 4.90 Å². The van der Waals surface area contributed by atoms with E-state index in [1.165, 1.54) is 27.8 Å². The smallest absolute Gasteiger partial charge is 0.00840 e. The third kappa shape index (κ3) is 3.20. The lowest BCUT2D eigenvalue weighted by molar-refractivity contribution is 0.580. The van der Waals surface area contributed by atoms with E-state index in [0.717, 1.165) is 4.90 Å². The van der Waals surface area contributed by atoms with Gasteiger partial charge in [-0.05, 0) is 39.3 Å². The maximum atomic E-state index is 4.77. The van der Waals surface area contributed by atoms with E-state index >= 15 is 0 Å². The first-order valence-corrected chi connectivity index (χ1v) is 8.40. The lowest BCUT2D eigenvalue weighted by atomic mass is 9.78. The molecule has 0 aliphatic carbocycles. The predicted octanol–water partition coefficient (Wildman–Crippen LogP) is 6.61. The summed E-state index contributed by atoms with van der Waals surface area (Å²) in [7, 11) is 0. The standard InChI is InChI=1S/C22H22S/c1-22(2,3)21-19(23)15-14-18(16-10-6-4-7-11-16)20(21)17-12-8-5-9-13-17/h4-15,23H,1-3H3. The van der Waals surface area contributed by atoms with Crippen LogP contribution in [0.25, 0.3) is 22.3 Å². The van der Waals surface area contributed by atoms with Gasteiger partial charge in [-0.3, -0.25) is 0 Å². The van der Waals surface area contributed by atoms with Gasteiger partial charge in [-0.15, -0.1) is 12.6 Å². The molecule has 0 saturated heterocycles. The predicted molar refractivity (Wildman–Crippen MR) is 103 cm³/mol. The molecule has 3 aromatic carbocycles. The summed E-state index contributed by atoms with van der Waals surface area (Å²) in [5.74, 6) is 0. The zero-order valence-corrected chi connectivity index (χ0v) is 14.8. The maximum absolute atomic E-state index is 4.77. The molecule has 1 heteroatoms. The first-order valence-electron chi connectivity index (χ1n) is 7.96. The van der Waals surface area contributed by atoms with Crippen LogP contribution in [0.15, 0.2) is 77.7 Å². The van der Waals surface area contributed by atoms with Crippen molar-refractivity contribution in [2.45, 2.75) is 31.1 Å². The number of benzene rings is 3. The molecule has 0 N–H and O–H groups in total. The van der Waals surface area contributed by atoms with E-state index in [1.54, 1.807) is 0 Å². The van der Waals surface area contributed by atoms with Crippen molar-refractivity contribution in [1.29, 1.82) is 0 Å². The van der Waals surface area contributed by atoms with Gasteiger partial charge in [0.2, 0.25) is 0 Å². The topological polar surface area (TPSA) is 0 Å². The van der Waals surface area contributed by atoms with Crippen molar-refractivity contribution in [3.8, 4) is 22.3 Å². The highest BCUT2D eigenvalue weighted by atomic mass is 32.1. The van der Waals surface area contributed by atoms with E-state index in [1.807, 2.05) is 0 Å². The van der Waals surface area contributed by atoms with Crippen LogP contribution < -0.4 is 0 Å². The fourth-order valence-corrected chi connectivity index (χ4v) is 3.64. The molecule has 0 aromatic heterocycles. The van der Waals surface area contributed by atoms with Crippen molar-refractivity contribution in [3.63, 3.8) is 0 Å². The van der Waals surface area contributed by atoms with Gasteiger partial charge in [0.1, 0.15) is 0 Å². The summed E-state index contributed by atoms with van der Waals surface area (Å²) in [5, 5.41) is 0. The van der Waals surface area contributed by atoms with Gasteiger partial charge in [0.25, 0.3) is 0 Å². The van der Waals surface area contributed by atoms with Crippen molar-refractivity contribution in [3.05, 3.63) is 78.4 Å². The third-order valence-corrected chi connectivity index (χ3v) is 4.45. The number of hydrogen-bond acceptors (Lipinski definition) is 1. The Morgan fingerprint density at radius 1 is 0.652 bits per heavy atom. The second-order valence-corrected chi connectivity index (χ2v) is 7.35. The van der Waals surface area contributed by atoms with E-state index in [4.69, 9.17) is 12.6 Å². The molecule has 116 valence electrons. The van der Waals surface area contributed by atoms with Crippen molar-refractivity contribution in [1.82, 2.24) is 0 Å². The fourth-order valence-electron chi connectivity index (χ4n) is 3.11. The number of thiol groups is 1. The molecule has 3 rings (SSSR count). The molecule has 0 nitrogen and oxygen atoms in total. The Balaban J connectivity index is 2.38. The van der Waals surface area contributed by atoms with Gasteiger partial charge in [-0.25, -0.2) is 0 Å². The van der Waals surface area contributed by atoms with Crippen molar-refractivity contribution >= 4 is 12.6 Å². The first-order chi connectivity index (χ1) is 11.0. The van der Waals surface area contributed by atoms with Crippen LogP contribution in [0.4, 0.5) is 0 Å². The normalized spacial score (nSPS) is 11.5. The molecule has 0 fully saturated rings. The maximum Gasteiger partial charge on any atom is 0.00840 e. The Hall–Kier alpha value is -1.99. The molecule has 23 heavy (non-hydrogen) atoms. The summed E-state index contributed by atoms with van der Waals surface area (Å²) in [6, 6.07) is 25.5. The molecular formula is C22H22S. The van der Waals surface area contributed by atoms with Crippen molar-refractivity contribution in [2.24, 2.45) is 0 Å². The van der Waals surface area contributed by atoms with Crippen LogP contribution >= 0.6 is 12.6 Å². The summed E-state index contributed by atoms with van der Waals surface area (Å²) in [6.07, 6.45) is 0. The molecule has 0 amide bonds. The minimum absolute atomic E-state index is 0.0209. The molecule has 0 aliphatic rings. The minimum atomic E-state index is 0.0209. The van der Waals surface area contributed by atoms with E-state index in [2.05, 4.69) is 93.6 Å². The summed E-state index contributed by atoms with van der Waals surface area (Å²) < 4.78 is 0. The zero-order chi connectivity index (χ0) is 16.4. The Bertz CT molecular complexity index is 797. The highest BCUT2D eigenvalue weighted by Crippen LogP contribution is 2.43. The second kappa shape index (κ2) is 6.25. The number of hydrogen-bond donors (Lipinski definition) is 1. The fraction of sp³-hybridized carbons (Fsp3) is 0.182. The van der Waals surface area contributed by atoms with Crippen LogP contribution in [0.3, 0.4) is 0 Å². The SMILES string of the molecule is CC(C)(C)c1c(S)ccc(-c2ccccc2)c1-c1ccccc1. The van der Waals surface area contributed by atoms with Gasteiger partial charge < -0.3 is 0 Å². The van der Waals surface area contributed by atoms with Gasteiger partial charge in [-0.2, -0.15) is 0 Å². The Labute approximate surface area is 144 Å². The summed E-state index contributed by atoms with van der Waals surface area (Å²) in [6.45, 7) is 6.76. The van der Waals surface area contributed by atoms with Crippen LogP contribution in [0, 0.1) is 0 Å². The zero-order valence-electron chi connectivity index (χ0n) is 13.9. The molecule has 0 unspecified atom stereocenters. The average Bonchev–Trinajstić information content (AvgIpc) is 2.55. The van der Waals surface area contributed by atoms with E-state index in [-0.39, 0.29) is 5.41 Å². The quantitative estimate of drug-likeness (QED) is 0.505. The minimum Gasteiger partial charge on any atom is -0.143 e. The van der Waals surface area contributed by atoms with Gasteiger partial charge in [0.15, 0.2) is 0 Å². The lowest BCUT2D eigenvalue weighted by Gasteiger charge is -2.27. The van der Waals surface area contributed by atoms with Crippen LogP contribution in [0.2, 0.25) is 0 Å². The summed E-state index contributed by atoms with van der Waals surface area (Å²) >= 11 is 4.77. The molecule has 3 aromatic rings. The lowest BCUT2D eigenvalue weighted by Crippen LogP contribution is -2.14. The molecule has 0 aliphatic heterocycles. The van der Waals surface area contributed by atoms with E-state index in [0.29, 0.717) is 0 Å². The molecule has 0 bridgehead atoms. The van der Waals surface area contributed by atoms with Crippen LogP contribution in [-0.4, -0.2) is 0 Å². The van der Waals surface area contributed by atoms with E-state index in [9.17, 15) is 0 Å². The average molecular weight is 318 g/mol. The van der Waals surface area contributed by atoms with Gasteiger partial charge in [0.05, 0.1) is 0 Å². The molecule has 0 atom stereocenters. The van der Waals surface area contributed by atoms with E-state index < -0.39 is 0 Å². The highest BCUT2D eigenvalue weighted by Gasteiger charge is 2.24. The summed E-state index contributed by atoms with van der Waals surface area (Å²) in [4.78, 5) is 1.05. The Kier molecular flexibility index (Phi) is 4.32. The van der Waals surface area contributed by atoms with Crippen LogP contribution in [-0.2, 0) is 5.41 Å². The Morgan fingerprint density at radius 2 is 1.17 bits per heavy atom.